The fourth-order valence-corrected chi connectivity index (χ4v) is 2.09. The van der Waals surface area contributed by atoms with Gasteiger partial charge in [0.2, 0.25) is 5.91 Å². The molecule has 0 fully saturated rings. The number of aliphatic hydroxyl groups is 1. The molecular weight excluding hydrogens is 230 g/mol. The fraction of sp³-hybridized carbons (Fsp3) is 0.364. The first-order chi connectivity index (χ1) is 7.61. The number of amides is 1. The van der Waals surface area contributed by atoms with E-state index in [0.29, 0.717) is 22.7 Å². The second-order valence-corrected chi connectivity index (χ2v) is 4.16. The summed E-state index contributed by atoms with van der Waals surface area (Å²) < 4.78 is 4.88. The van der Waals surface area contributed by atoms with Gasteiger partial charge >= 0.3 is 0 Å². The number of fused-ring (bicyclic) bond motifs is 1. The van der Waals surface area contributed by atoms with Gasteiger partial charge in [-0.1, -0.05) is 11.6 Å². The normalized spacial score (nSPS) is 15.8. The van der Waals surface area contributed by atoms with Crippen LogP contribution in [0.4, 0.5) is 5.69 Å². The highest BCUT2D eigenvalue weighted by molar-refractivity contribution is 6.31. The van der Waals surface area contributed by atoms with Crippen molar-refractivity contribution in [3.8, 4) is 0 Å². The molecule has 2 N–H and O–H groups in total. The molecule has 1 aliphatic heterocycles. The molecule has 1 amide bonds. The Labute approximate surface area is 98.2 Å². The molecule has 0 saturated carbocycles. The van der Waals surface area contributed by atoms with Crippen LogP contribution in [0.1, 0.15) is 17.2 Å². The number of carbonyl (C=O) groups is 1. The summed E-state index contributed by atoms with van der Waals surface area (Å²) in [5.74, 6) is -0.0804. The van der Waals surface area contributed by atoms with Gasteiger partial charge < -0.3 is 15.2 Å². The average molecular weight is 242 g/mol. The molecule has 1 unspecified atom stereocenters. The number of hydrogen-bond acceptors (Lipinski definition) is 3. The van der Waals surface area contributed by atoms with Crippen LogP contribution >= 0.6 is 11.6 Å². The van der Waals surface area contributed by atoms with E-state index in [1.54, 1.807) is 12.1 Å². The Balaban J connectivity index is 2.42. The van der Waals surface area contributed by atoms with E-state index in [-0.39, 0.29) is 12.5 Å². The maximum absolute atomic E-state index is 11.3. The van der Waals surface area contributed by atoms with Crippen LogP contribution in [0, 0.1) is 0 Å². The van der Waals surface area contributed by atoms with E-state index < -0.39 is 6.10 Å². The van der Waals surface area contributed by atoms with Crippen molar-refractivity contribution in [2.24, 2.45) is 0 Å². The van der Waals surface area contributed by atoms with Gasteiger partial charge in [-0.15, -0.1) is 0 Å². The minimum Gasteiger partial charge on any atom is -0.386 e. The molecule has 2 rings (SSSR count). The van der Waals surface area contributed by atoms with Gasteiger partial charge in [0, 0.05) is 17.7 Å². The fourth-order valence-electron chi connectivity index (χ4n) is 1.85. The molecule has 0 aromatic heterocycles. The second-order valence-electron chi connectivity index (χ2n) is 3.73. The molecule has 1 aromatic carbocycles. The Morgan fingerprint density at radius 2 is 2.38 bits per heavy atom. The first kappa shape index (κ1) is 11.4. The Morgan fingerprint density at radius 1 is 1.62 bits per heavy atom. The highest BCUT2D eigenvalue weighted by Gasteiger charge is 2.24. The van der Waals surface area contributed by atoms with Crippen molar-refractivity contribution in [2.45, 2.75) is 12.5 Å². The van der Waals surface area contributed by atoms with Gasteiger partial charge in [0.25, 0.3) is 0 Å². The number of rotatable bonds is 3. The zero-order valence-electron chi connectivity index (χ0n) is 8.79. The number of halogens is 1. The van der Waals surface area contributed by atoms with Crippen LogP contribution < -0.4 is 5.32 Å². The summed E-state index contributed by atoms with van der Waals surface area (Å²) in [5.41, 5.74) is 2.09. The topological polar surface area (TPSA) is 58.6 Å². The van der Waals surface area contributed by atoms with Crippen molar-refractivity contribution in [1.29, 1.82) is 0 Å². The number of methoxy groups -OCH3 is 1. The summed E-state index contributed by atoms with van der Waals surface area (Å²) in [6, 6.07) is 3.38. The maximum Gasteiger partial charge on any atom is 0.228 e. The molecular formula is C11H12ClNO3. The van der Waals surface area contributed by atoms with Crippen LogP contribution in [0.15, 0.2) is 12.1 Å². The summed E-state index contributed by atoms with van der Waals surface area (Å²) in [6.45, 7) is 0.169. The van der Waals surface area contributed by atoms with Crippen LogP contribution in [0.3, 0.4) is 0 Å². The van der Waals surface area contributed by atoms with Crippen LogP contribution in [-0.2, 0) is 16.0 Å². The zero-order valence-corrected chi connectivity index (χ0v) is 9.54. The molecule has 0 radical (unpaired) electrons. The van der Waals surface area contributed by atoms with E-state index in [1.807, 2.05) is 0 Å². The predicted molar refractivity (Wildman–Crippen MR) is 60.6 cm³/mol. The largest absolute Gasteiger partial charge is 0.386 e. The molecule has 0 aliphatic carbocycles. The third kappa shape index (κ3) is 2.04. The minimum absolute atomic E-state index is 0.0804. The molecule has 0 bridgehead atoms. The van der Waals surface area contributed by atoms with Crippen LogP contribution in [0.2, 0.25) is 5.02 Å². The highest BCUT2D eigenvalue weighted by Crippen LogP contribution is 2.34. The van der Waals surface area contributed by atoms with Gasteiger partial charge in [0.05, 0.1) is 18.7 Å². The van der Waals surface area contributed by atoms with Crippen LogP contribution in [0.25, 0.3) is 0 Å². The van der Waals surface area contributed by atoms with Crippen molar-refractivity contribution in [3.05, 3.63) is 28.3 Å². The summed E-state index contributed by atoms with van der Waals surface area (Å²) in [7, 11) is 1.51. The Bertz CT molecular complexity index is 433. The van der Waals surface area contributed by atoms with Gasteiger partial charge in [-0.2, -0.15) is 0 Å². The number of benzene rings is 1. The molecule has 0 saturated heterocycles. The number of anilines is 1. The van der Waals surface area contributed by atoms with Gasteiger partial charge in [-0.05, 0) is 17.7 Å². The van der Waals surface area contributed by atoms with Crippen LogP contribution in [0.5, 0.6) is 0 Å². The summed E-state index contributed by atoms with van der Waals surface area (Å²) in [6.07, 6.45) is -0.473. The summed E-state index contributed by atoms with van der Waals surface area (Å²) in [5, 5.41) is 13.1. The lowest BCUT2D eigenvalue weighted by Crippen LogP contribution is -2.09. The number of ether oxygens (including phenoxy) is 1. The molecule has 1 aliphatic rings. The Kier molecular flexibility index (Phi) is 3.14. The smallest absolute Gasteiger partial charge is 0.228 e. The van der Waals surface area contributed by atoms with E-state index in [0.717, 1.165) is 5.56 Å². The van der Waals surface area contributed by atoms with Crippen molar-refractivity contribution in [2.75, 3.05) is 19.0 Å². The molecule has 0 spiro atoms. The third-order valence-corrected chi connectivity index (χ3v) is 2.73. The minimum atomic E-state index is -0.782. The monoisotopic (exact) mass is 241 g/mol. The molecule has 16 heavy (non-hydrogen) atoms. The summed E-state index contributed by atoms with van der Waals surface area (Å²) in [4.78, 5) is 11.3. The Morgan fingerprint density at radius 3 is 3.06 bits per heavy atom. The third-order valence-electron chi connectivity index (χ3n) is 2.51. The quantitative estimate of drug-likeness (QED) is 0.844. The maximum atomic E-state index is 11.3. The average Bonchev–Trinajstić information content (AvgIpc) is 2.57. The molecule has 5 heteroatoms. The second kappa shape index (κ2) is 4.41. The van der Waals surface area contributed by atoms with E-state index in [9.17, 15) is 9.90 Å². The number of hydrogen-bond donors (Lipinski definition) is 2. The van der Waals surface area contributed by atoms with Gasteiger partial charge in [-0.25, -0.2) is 0 Å². The number of nitrogens with one attached hydrogen (secondary N) is 1. The summed E-state index contributed by atoms with van der Waals surface area (Å²) >= 11 is 5.93. The Hall–Kier alpha value is -1.10. The van der Waals surface area contributed by atoms with Crippen LogP contribution in [-0.4, -0.2) is 24.7 Å². The van der Waals surface area contributed by atoms with Crippen molar-refractivity contribution < 1.29 is 14.6 Å². The van der Waals surface area contributed by atoms with E-state index in [1.165, 1.54) is 7.11 Å². The van der Waals surface area contributed by atoms with Crippen molar-refractivity contribution in [1.82, 2.24) is 0 Å². The van der Waals surface area contributed by atoms with Gasteiger partial charge in [0.15, 0.2) is 0 Å². The number of aliphatic hydroxyl groups excluding tert-OH is 1. The molecule has 86 valence electrons. The lowest BCUT2D eigenvalue weighted by molar-refractivity contribution is -0.115. The van der Waals surface area contributed by atoms with Crippen molar-refractivity contribution in [3.63, 3.8) is 0 Å². The molecule has 1 heterocycles. The molecule has 4 nitrogen and oxygen atoms in total. The lowest BCUT2D eigenvalue weighted by atomic mass is 10.0. The SMILES string of the molecule is COCC(O)c1cc(Cl)cc2c1NC(=O)C2. The first-order valence-corrected chi connectivity index (χ1v) is 5.28. The molecule has 1 atom stereocenters. The van der Waals surface area contributed by atoms with E-state index >= 15 is 0 Å². The predicted octanol–water partition coefficient (Wildman–Crippen LogP) is 1.51. The van der Waals surface area contributed by atoms with E-state index in [2.05, 4.69) is 5.32 Å². The first-order valence-electron chi connectivity index (χ1n) is 4.91. The molecule has 1 aromatic rings. The van der Waals surface area contributed by atoms with Crippen molar-refractivity contribution >= 4 is 23.2 Å². The standard InChI is InChI=1S/C11H12ClNO3/c1-16-5-9(14)8-4-7(12)2-6-3-10(15)13-11(6)8/h2,4,9,14H,3,5H2,1H3,(H,13,15). The van der Waals surface area contributed by atoms with Gasteiger partial charge in [-0.3, -0.25) is 4.79 Å². The highest BCUT2D eigenvalue weighted by atomic mass is 35.5. The number of carbonyl (C=O) groups excluding carboxylic acids is 1. The lowest BCUT2D eigenvalue weighted by Gasteiger charge is -2.14. The zero-order chi connectivity index (χ0) is 11.7. The van der Waals surface area contributed by atoms with E-state index in [4.69, 9.17) is 16.3 Å². The van der Waals surface area contributed by atoms with Gasteiger partial charge in [0.1, 0.15) is 6.10 Å².